The van der Waals surface area contributed by atoms with Crippen LogP contribution < -0.4 is 5.43 Å². The van der Waals surface area contributed by atoms with Gasteiger partial charge in [-0.15, -0.1) is 11.3 Å². The number of nitrogens with zero attached hydrogens (tertiary/aromatic N) is 1. The van der Waals surface area contributed by atoms with Gasteiger partial charge in [0.1, 0.15) is 0 Å². The summed E-state index contributed by atoms with van der Waals surface area (Å²) in [5, 5.41) is 3.98. The second-order valence-electron chi connectivity index (χ2n) is 4.78. The molecule has 3 aromatic rings. The van der Waals surface area contributed by atoms with Crippen molar-refractivity contribution in [3.05, 3.63) is 81.0 Å². The molecule has 114 valence electrons. The number of hydrogen-bond acceptors (Lipinski definition) is 3. The lowest BCUT2D eigenvalue weighted by atomic mass is 10.0. The lowest BCUT2D eigenvalue weighted by Gasteiger charge is -2.03. The highest BCUT2D eigenvalue weighted by Gasteiger charge is 2.04. The summed E-state index contributed by atoms with van der Waals surface area (Å²) in [6, 6.07) is 21.4. The van der Waals surface area contributed by atoms with Crippen molar-refractivity contribution in [2.24, 2.45) is 5.10 Å². The Hall–Kier alpha value is -2.24. The van der Waals surface area contributed by atoms with Gasteiger partial charge in [0.15, 0.2) is 0 Å². The average Bonchev–Trinajstić information content (AvgIpc) is 3.01. The van der Waals surface area contributed by atoms with Gasteiger partial charge < -0.3 is 0 Å². The van der Waals surface area contributed by atoms with Crippen LogP contribution in [-0.4, -0.2) is 12.1 Å². The van der Waals surface area contributed by atoms with Gasteiger partial charge in [0.2, 0.25) is 0 Å². The van der Waals surface area contributed by atoms with Gasteiger partial charge in [0, 0.05) is 10.4 Å². The van der Waals surface area contributed by atoms with Gasteiger partial charge in [-0.3, -0.25) is 4.79 Å². The summed E-state index contributed by atoms with van der Waals surface area (Å²) in [6.07, 6.45) is 1.63. The Kier molecular flexibility index (Phi) is 5.00. The minimum Gasteiger partial charge on any atom is -0.267 e. The molecule has 0 bridgehead atoms. The minimum atomic E-state index is -0.225. The molecule has 0 aliphatic carbocycles. The van der Waals surface area contributed by atoms with Crippen LogP contribution in [0.3, 0.4) is 0 Å². The van der Waals surface area contributed by atoms with Gasteiger partial charge in [-0.1, -0.05) is 42.5 Å². The highest BCUT2D eigenvalue weighted by molar-refractivity contribution is 9.11. The molecule has 0 unspecified atom stereocenters. The number of hydrazone groups is 1. The van der Waals surface area contributed by atoms with Crippen LogP contribution in [0.2, 0.25) is 0 Å². The molecule has 2 aromatic carbocycles. The van der Waals surface area contributed by atoms with E-state index in [1.165, 1.54) is 0 Å². The first-order chi connectivity index (χ1) is 11.2. The molecule has 1 aromatic heterocycles. The van der Waals surface area contributed by atoms with Crippen LogP contribution in [0.1, 0.15) is 15.2 Å². The van der Waals surface area contributed by atoms with Crippen molar-refractivity contribution in [3.8, 4) is 11.1 Å². The fraction of sp³-hybridized carbons (Fsp3) is 0. The summed E-state index contributed by atoms with van der Waals surface area (Å²) >= 11 is 4.94. The molecular weight excluding hydrogens is 372 g/mol. The summed E-state index contributed by atoms with van der Waals surface area (Å²) < 4.78 is 1.03. The van der Waals surface area contributed by atoms with Gasteiger partial charge in [0.25, 0.3) is 5.91 Å². The molecule has 5 heteroatoms. The fourth-order valence-electron chi connectivity index (χ4n) is 2.06. The minimum absolute atomic E-state index is 0.225. The fourth-order valence-corrected chi connectivity index (χ4v) is 3.36. The first-order valence-corrected chi connectivity index (χ1v) is 8.57. The Balaban J connectivity index is 1.65. The lowest BCUT2D eigenvalue weighted by molar-refractivity contribution is 0.0955. The molecule has 3 nitrogen and oxygen atoms in total. The molecule has 0 radical (unpaired) electrons. The Morgan fingerprint density at radius 1 is 0.957 bits per heavy atom. The first kappa shape index (κ1) is 15.6. The molecule has 0 aliphatic heterocycles. The molecule has 1 N–H and O–H groups in total. The predicted molar refractivity (Wildman–Crippen MR) is 99.0 cm³/mol. The van der Waals surface area contributed by atoms with Crippen LogP contribution >= 0.6 is 27.3 Å². The second kappa shape index (κ2) is 7.35. The van der Waals surface area contributed by atoms with E-state index >= 15 is 0 Å². The smallest absolute Gasteiger partial charge is 0.267 e. The maximum Gasteiger partial charge on any atom is 0.271 e. The number of thiophene rings is 1. The van der Waals surface area contributed by atoms with Gasteiger partial charge in [-0.2, -0.15) is 5.10 Å². The van der Waals surface area contributed by atoms with E-state index in [0.717, 1.165) is 19.8 Å². The Bertz CT molecular complexity index is 826. The number of hydrogen-bond donors (Lipinski definition) is 1. The van der Waals surface area contributed by atoms with Gasteiger partial charge in [0.05, 0.1) is 10.0 Å². The van der Waals surface area contributed by atoms with Crippen LogP contribution in [0.4, 0.5) is 0 Å². The van der Waals surface area contributed by atoms with Gasteiger partial charge >= 0.3 is 0 Å². The molecule has 0 saturated carbocycles. The maximum atomic E-state index is 12.1. The van der Waals surface area contributed by atoms with Crippen LogP contribution in [0.25, 0.3) is 11.1 Å². The lowest BCUT2D eigenvalue weighted by Crippen LogP contribution is -2.17. The standard InChI is InChI=1S/C18H13BrN2OS/c19-17-11-10-16(23-17)12-20-21-18(22)15-8-6-14(7-9-15)13-4-2-1-3-5-13/h1-12H,(H,21,22). The predicted octanol–water partition coefficient (Wildman–Crippen LogP) is 4.94. The number of rotatable bonds is 4. The number of carbonyl (C=O) groups excluding carboxylic acids is 1. The maximum absolute atomic E-state index is 12.1. The van der Waals surface area contributed by atoms with Crippen LogP contribution in [-0.2, 0) is 0 Å². The van der Waals surface area contributed by atoms with E-state index in [-0.39, 0.29) is 5.91 Å². The molecule has 0 spiro atoms. The summed E-state index contributed by atoms with van der Waals surface area (Å²) in [5.74, 6) is -0.225. The van der Waals surface area contributed by atoms with Crippen molar-refractivity contribution in [1.29, 1.82) is 0 Å². The summed E-state index contributed by atoms with van der Waals surface area (Å²) in [7, 11) is 0. The molecule has 0 aliphatic rings. The number of carbonyl (C=O) groups is 1. The Morgan fingerprint density at radius 2 is 1.65 bits per heavy atom. The average molecular weight is 385 g/mol. The molecule has 23 heavy (non-hydrogen) atoms. The van der Waals surface area contributed by atoms with Crippen molar-refractivity contribution in [1.82, 2.24) is 5.43 Å². The van der Waals surface area contributed by atoms with E-state index in [0.29, 0.717) is 5.56 Å². The van der Waals surface area contributed by atoms with Crippen molar-refractivity contribution < 1.29 is 4.79 Å². The highest BCUT2D eigenvalue weighted by Crippen LogP contribution is 2.20. The van der Waals surface area contributed by atoms with Crippen LogP contribution in [0, 0.1) is 0 Å². The zero-order valence-electron chi connectivity index (χ0n) is 12.1. The van der Waals surface area contributed by atoms with Crippen LogP contribution in [0.15, 0.2) is 75.6 Å². The third kappa shape index (κ3) is 4.15. The normalized spacial score (nSPS) is 10.8. The van der Waals surface area contributed by atoms with E-state index in [1.807, 2.05) is 54.6 Å². The number of benzene rings is 2. The molecule has 0 atom stereocenters. The molecule has 0 fully saturated rings. The van der Waals surface area contributed by atoms with Crippen LogP contribution in [0.5, 0.6) is 0 Å². The third-order valence-electron chi connectivity index (χ3n) is 3.21. The number of nitrogens with one attached hydrogen (secondary N) is 1. The molecule has 1 amide bonds. The SMILES string of the molecule is O=C(NN=Cc1ccc(Br)s1)c1ccc(-c2ccccc2)cc1. The monoisotopic (exact) mass is 384 g/mol. The summed E-state index contributed by atoms with van der Waals surface area (Å²) in [4.78, 5) is 13.0. The van der Waals surface area contributed by atoms with Crippen molar-refractivity contribution in [2.45, 2.75) is 0 Å². The Labute approximate surface area is 146 Å². The number of halogens is 1. The van der Waals surface area contributed by atoms with Gasteiger partial charge in [-0.05, 0) is 51.3 Å². The van der Waals surface area contributed by atoms with Crippen molar-refractivity contribution in [3.63, 3.8) is 0 Å². The topological polar surface area (TPSA) is 41.5 Å². The van der Waals surface area contributed by atoms with E-state index in [1.54, 1.807) is 29.7 Å². The van der Waals surface area contributed by atoms with E-state index < -0.39 is 0 Å². The Morgan fingerprint density at radius 3 is 2.30 bits per heavy atom. The van der Waals surface area contributed by atoms with E-state index in [2.05, 4.69) is 26.5 Å². The van der Waals surface area contributed by atoms with E-state index in [4.69, 9.17) is 0 Å². The third-order valence-corrected chi connectivity index (χ3v) is 4.76. The molecular formula is C18H13BrN2OS. The largest absolute Gasteiger partial charge is 0.271 e. The summed E-state index contributed by atoms with van der Waals surface area (Å²) in [6.45, 7) is 0. The zero-order valence-corrected chi connectivity index (χ0v) is 14.5. The summed E-state index contributed by atoms with van der Waals surface area (Å²) in [5.41, 5.74) is 5.32. The highest BCUT2D eigenvalue weighted by atomic mass is 79.9. The second-order valence-corrected chi connectivity index (χ2v) is 7.28. The van der Waals surface area contributed by atoms with E-state index in [9.17, 15) is 4.79 Å². The first-order valence-electron chi connectivity index (χ1n) is 6.96. The quantitative estimate of drug-likeness (QED) is 0.502. The number of amides is 1. The molecule has 3 rings (SSSR count). The molecule has 1 heterocycles. The van der Waals surface area contributed by atoms with Gasteiger partial charge in [-0.25, -0.2) is 5.43 Å². The van der Waals surface area contributed by atoms with Crippen molar-refractivity contribution in [2.75, 3.05) is 0 Å². The van der Waals surface area contributed by atoms with Crippen molar-refractivity contribution >= 4 is 39.4 Å². The molecule has 0 saturated heterocycles. The zero-order chi connectivity index (χ0) is 16.1.